The van der Waals surface area contributed by atoms with E-state index < -0.39 is 0 Å². The van der Waals surface area contributed by atoms with Crippen LogP contribution in [0.5, 0.6) is 0 Å². The van der Waals surface area contributed by atoms with E-state index in [9.17, 15) is 4.79 Å². The molecule has 1 aromatic heterocycles. The Kier molecular flexibility index (Phi) is 5.80. The van der Waals surface area contributed by atoms with Crippen molar-refractivity contribution >= 4 is 29.3 Å². The summed E-state index contributed by atoms with van der Waals surface area (Å²) < 4.78 is 2.03. The highest BCUT2D eigenvalue weighted by Crippen LogP contribution is 2.16. The molecule has 1 aliphatic heterocycles. The lowest BCUT2D eigenvalue weighted by atomic mass is 10.1. The van der Waals surface area contributed by atoms with Gasteiger partial charge in [0.25, 0.3) is 0 Å². The zero-order valence-corrected chi connectivity index (χ0v) is 13.7. The third kappa shape index (κ3) is 3.59. The summed E-state index contributed by atoms with van der Waals surface area (Å²) in [5.74, 6) is 1.04. The first kappa shape index (κ1) is 16.8. The normalized spacial score (nSPS) is 18.0. The Morgan fingerprint density at radius 1 is 1.45 bits per heavy atom. The van der Waals surface area contributed by atoms with Crippen molar-refractivity contribution in [2.45, 2.75) is 38.8 Å². The Labute approximate surface area is 136 Å². The van der Waals surface area contributed by atoms with Gasteiger partial charge in [0.1, 0.15) is 12.4 Å². The van der Waals surface area contributed by atoms with E-state index >= 15 is 0 Å². The molecule has 6 heteroatoms. The maximum absolute atomic E-state index is 12.3. The van der Waals surface area contributed by atoms with E-state index in [1.165, 1.54) is 0 Å². The third-order valence-corrected chi connectivity index (χ3v) is 4.01. The second-order valence-electron chi connectivity index (χ2n) is 5.57. The minimum Gasteiger partial charge on any atom is -0.351 e. The molecule has 5 nitrogen and oxygen atoms in total. The van der Waals surface area contributed by atoms with Crippen molar-refractivity contribution in [1.29, 1.82) is 0 Å². The standard InChI is InChI=1S/C16H22N4O.ClH/c1-2-15-19-13-7-3-4-8-14(13)20(15)11-16(21)18-12-6-5-9-17-10-12;/h3-4,7-8,12,17H,2,5-6,9-11H2,1H3,(H,18,21);1H/t12-;/m0./s1. The summed E-state index contributed by atoms with van der Waals surface area (Å²) in [6.07, 6.45) is 3.01. The van der Waals surface area contributed by atoms with Crippen LogP contribution < -0.4 is 10.6 Å². The quantitative estimate of drug-likeness (QED) is 0.903. The highest BCUT2D eigenvalue weighted by Gasteiger charge is 2.17. The number of carbonyl (C=O) groups is 1. The lowest BCUT2D eigenvalue weighted by Gasteiger charge is -2.24. The molecule has 0 saturated carbocycles. The van der Waals surface area contributed by atoms with E-state index in [0.717, 1.165) is 49.2 Å². The van der Waals surface area contributed by atoms with Gasteiger partial charge in [0.05, 0.1) is 11.0 Å². The van der Waals surface area contributed by atoms with Crippen molar-refractivity contribution in [3.8, 4) is 0 Å². The molecule has 2 aromatic rings. The molecule has 2 heterocycles. The van der Waals surface area contributed by atoms with Crippen LogP contribution in [0, 0.1) is 0 Å². The van der Waals surface area contributed by atoms with E-state index in [1.54, 1.807) is 0 Å². The van der Waals surface area contributed by atoms with Crippen molar-refractivity contribution in [2.75, 3.05) is 13.1 Å². The Morgan fingerprint density at radius 3 is 3.00 bits per heavy atom. The van der Waals surface area contributed by atoms with E-state index in [0.29, 0.717) is 6.54 Å². The lowest BCUT2D eigenvalue weighted by Crippen LogP contribution is -2.46. The summed E-state index contributed by atoms with van der Waals surface area (Å²) in [7, 11) is 0. The summed E-state index contributed by atoms with van der Waals surface area (Å²) in [6.45, 7) is 4.34. The van der Waals surface area contributed by atoms with E-state index in [-0.39, 0.29) is 24.4 Å². The van der Waals surface area contributed by atoms with Crippen LogP contribution in [0.1, 0.15) is 25.6 Å². The number of benzene rings is 1. The lowest BCUT2D eigenvalue weighted by molar-refractivity contribution is -0.122. The molecule has 1 atom stereocenters. The number of amides is 1. The van der Waals surface area contributed by atoms with Crippen LogP contribution in [0.2, 0.25) is 0 Å². The number of para-hydroxylation sites is 2. The summed E-state index contributed by atoms with van der Waals surface area (Å²) in [5.41, 5.74) is 1.99. The highest BCUT2D eigenvalue weighted by molar-refractivity contribution is 5.85. The number of hydrogen-bond acceptors (Lipinski definition) is 3. The van der Waals surface area contributed by atoms with Gasteiger partial charge in [0.15, 0.2) is 0 Å². The second kappa shape index (κ2) is 7.61. The van der Waals surface area contributed by atoms with Gasteiger partial charge in [-0.25, -0.2) is 4.98 Å². The van der Waals surface area contributed by atoms with Gasteiger partial charge in [-0.3, -0.25) is 4.79 Å². The highest BCUT2D eigenvalue weighted by atomic mass is 35.5. The van der Waals surface area contributed by atoms with E-state index in [1.807, 2.05) is 28.8 Å². The molecule has 1 fully saturated rings. The molecule has 0 aliphatic carbocycles. The van der Waals surface area contributed by atoms with Gasteiger partial charge in [-0.05, 0) is 31.5 Å². The first-order valence-corrected chi connectivity index (χ1v) is 7.72. The first-order chi connectivity index (χ1) is 10.3. The van der Waals surface area contributed by atoms with Crippen LogP contribution in [0.25, 0.3) is 11.0 Å². The summed E-state index contributed by atoms with van der Waals surface area (Å²) in [6, 6.07) is 8.24. The molecule has 3 rings (SSSR count). The molecule has 120 valence electrons. The number of rotatable bonds is 4. The fraction of sp³-hybridized carbons (Fsp3) is 0.500. The number of halogens is 1. The van der Waals surface area contributed by atoms with Crippen molar-refractivity contribution in [1.82, 2.24) is 20.2 Å². The zero-order valence-electron chi connectivity index (χ0n) is 12.8. The molecule has 2 N–H and O–H groups in total. The van der Waals surface area contributed by atoms with Gasteiger partial charge in [-0.1, -0.05) is 19.1 Å². The number of hydrogen-bond donors (Lipinski definition) is 2. The van der Waals surface area contributed by atoms with Gasteiger partial charge in [-0.15, -0.1) is 12.4 Å². The number of piperidine rings is 1. The molecule has 1 aromatic carbocycles. The van der Waals surface area contributed by atoms with Crippen LogP contribution in [0.15, 0.2) is 24.3 Å². The van der Waals surface area contributed by atoms with Crippen LogP contribution in [-0.2, 0) is 17.8 Å². The average Bonchev–Trinajstić information content (AvgIpc) is 2.86. The molecule has 0 spiro atoms. The number of nitrogens with zero attached hydrogens (tertiary/aromatic N) is 2. The van der Waals surface area contributed by atoms with Crippen molar-refractivity contribution in [2.24, 2.45) is 0 Å². The summed E-state index contributed by atoms with van der Waals surface area (Å²) in [4.78, 5) is 16.9. The SMILES string of the molecule is CCc1nc2ccccc2n1CC(=O)N[C@H]1CCCNC1.Cl. The number of fused-ring (bicyclic) bond motifs is 1. The fourth-order valence-electron chi connectivity index (χ4n) is 2.96. The number of aromatic nitrogens is 2. The Hall–Kier alpha value is -1.59. The Morgan fingerprint density at radius 2 is 2.27 bits per heavy atom. The minimum absolute atomic E-state index is 0. The molecular weight excluding hydrogens is 300 g/mol. The smallest absolute Gasteiger partial charge is 0.240 e. The van der Waals surface area contributed by atoms with E-state index in [2.05, 4.69) is 22.5 Å². The maximum atomic E-state index is 12.3. The van der Waals surface area contributed by atoms with Gasteiger partial charge in [-0.2, -0.15) is 0 Å². The Bertz CT molecular complexity index is 634. The molecule has 1 amide bonds. The molecular formula is C16H23ClN4O. The summed E-state index contributed by atoms with van der Waals surface area (Å²) >= 11 is 0. The first-order valence-electron chi connectivity index (χ1n) is 7.72. The van der Waals surface area contributed by atoms with Gasteiger partial charge in [0, 0.05) is 19.0 Å². The van der Waals surface area contributed by atoms with Crippen molar-refractivity contribution in [3.63, 3.8) is 0 Å². The maximum Gasteiger partial charge on any atom is 0.240 e. The van der Waals surface area contributed by atoms with Gasteiger partial charge < -0.3 is 15.2 Å². The van der Waals surface area contributed by atoms with Crippen molar-refractivity contribution in [3.05, 3.63) is 30.1 Å². The Balaban J connectivity index is 0.00000176. The number of imidazole rings is 1. The monoisotopic (exact) mass is 322 g/mol. The molecule has 1 aliphatic rings. The fourth-order valence-corrected chi connectivity index (χ4v) is 2.96. The molecule has 0 unspecified atom stereocenters. The number of aryl methyl sites for hydroxylation is 1. The second-order valence-corrected chi connectivity index (χ2v) is 5.57. The predicted molar refractivity (Wildman–Crippen MR) is 90.4 cm³/mol. The van der Waals surface area contributed by atoms with Crippen LogP contribution >= 0.6 is 12.4 Å². The van der Waals surface area contributed by atoms with Crippen LogP contribution in [-0.4, -0.2) is 34.6 Å². The van der Waals surface area contributed by atoms with Crippen molar-refractivity contribution < 1.29 is 4.79 Å². The summed E-state index contributed by atoms with van der Waals surface area (Å²) in [5, 5.41) is 6.44. The number of nitrogens with one attached hydrogen (secondary N) is 2. The molecule has 0 radical (unpaired) electrons. The van der Waals surface area contributed by atoms with Crippen LogP contribution in [0.4, 0.5) is 0 Å². The average molecular weight is 323 g/mol. The van der Waals surface area contributed by atoms with Gasteiger partial charge in [0.2, 0.25) is 5.91 Å². The molecule has 22 heavy (non-hydrogen) atoms. The topological polar surface area (TPSA) is 59.0 Å². The molecule has 1 saturated heterocycles. The largest absolute Gasteiger partial charge is 0.351 e. The van der Waals surface area contributed by atoms with Gasteiger partial charge >= 0.3 is 0 Å². The molecule has 0 bridgehead atoms. The predicted octanol–water partition coefficient (Wildman–Crippen LogP) is 1.89. The third-order valence-electron chi connectivity index (χ3n) is 4.01. The number of carbonyl (C=O) groups excluding carboxylic acids is 1. The minimum atomic E-state index is 0. The van der Waals surface area contributed by atoms with E-state index in [4.69, 9.17) is 0 Å². The van der Waals surface area contributed by atoms with Crippen LogP contribution in [0.3, 0.4) is 0 Å². The zero-order chi connectivity index (χ0) is 14.7.